The lowest BCUT2D eigenvalue weighted by molar-refractivity contribution is -0.145. The molecule has 0 aliphatic carbocycles. The quantitative estimate of drug-likeness (QED) is 0.841. The van der Waals surface area contributed by atoms with Crippen molar-refractivity contribution in [2.24, 2.45) is 0 Å². The van der Waals surface area contributed by atoms with Gasteiger partial charge in [0.05, 0.1) is 0 Å². The van der Waals surface area contributed by atoms with Crippen LogP contribution in [0.25, 0.3) is 10.8 Å². The third-order valence-electron chi connectivity index (χ3n) is 4.04. The summed E-state index contributed by atoms with van der Waals surface area (Å²) in [6.07, 6.45) is 0. The average molecular weight is 328 g/mol. The highest BCUT2D eigenvalue weighted by Gasteiger charge is 2.37. The van der Waals surface area contributed by atoms with Crippen molar-refractivity contribution in [1.82, 2.24) is 0 Å². The van der Waals surface area contributed by atoms with Crippen LogP contribution < -0.4 is 10.6 Å². The third-order valence-corrected chi connectivity index (χ3v) is 4.04. The van der Waals surface area contributed by atoms with Crippen LogP contribution in [0.15, 0.2) is 30.3 Å². The monoisotopic (exact) mass is 328 g/mol. The van der Waals surface area contributed by atoms with E-state index in [-0.39, 0.29) is 13.2 Å². The fraction of sp³-hybridized carbons (Fsp3) is 0.333. The van der Waals surface area contributed by atoms with Crippen LogP contribution in [0.2, 0.25) is 0 Å². The number of carbonyl (C=O) groups excluding carboxylic acids is 2. The predicted molar refractivity (Wildman–Crippen MR) is 91.9 cm³/mol. The highest BCUT2D eigenvalue weighted by molar-refractivity contribution is 6.06. The van der Waals surface area contributed by atoms with Crippen LogP contribution in [0.1, 0.15) is 19.4 Å². The molecule has 2 N–H and O–H groups in total. The summed E-state index contributed by atoms with van der Waals surface area (Å²) in [5, 5.41) is 8.90. The molecule has 0 unspecified atom stereocenters. The van der Waals surface area contributed by atoms with E-state index in [2.05, 4.69) is 16.7 Å². The molecule has 3 rings (SSSR count). The van der Waals surface area contributed by atoms with Gasteiger partial charge in [-0.2, -0.15) is 0 Å². The molecule has 0 radical (unpaired) electrons. The van der Waals surface area contributed by atoms with Gasteiger partial charge < -0.3 is 20.1 Å². The first-order valence-corrected chi connectivity index (χ1v) is 7.76. The Balaban J connectivity index is 2.04. The standard InChI is InChI=1S/C18H20N2O4/c1-11-7-8-14-5-4-6-15-16(14)17(11)20-18(19-15,9-23-12(2)21)10-24-13(3)22/h4-8,19-20H,9-10H2,1-3H3. The van der Waals surface area contributed by atoms with Crippen LogP contribution >= 0.6 is 0 Å². The minimum absolute atomic E-state index is 0.0276. The Hall–Kier alpha value is -2.76. The molecular weight excluding hydrogens is 308 g/mol. The molecule has 2 aromatic rings. The minimum Gasteiger partial charge on any atom is -0.461 e. The first kappa shape index (κ1) is 16.1. The van der Waals surface area contributed by atoms with Crippen molar-refractivity contribution in [3.8, 4) is 0 Å². The number of ether oxygens (including phenoxy) is 2. The van der Waals surface area contributed by atoms with Crippen molar-refractivity contribution >= 4 is 34.1 Å². The fourth-order valence-electron chi connectivity index (χ4n) is 2.91. The number of hydrogen-bond donors (Lipinski definition) is 2. The molecule has 126 valence electrons. The van der Waals surface area contributed by atoms with Crippen LogP contribution in [0.4, 0.5) is 11.4 Å². The molecular formula is C18H20N2O4. The lowest BCUT2D eigenvalue weighted by atomic mass is 9.97. The predicted octanol–water partition coefficient (Wildman–Crippen LogP) is 2.81. The number of hydrogen-bond acceptors (Lipinski definition) is 6. The number of nitrogens with one attached hydrogen (secondary N) is 2. The summed E-state index contributed by atoms with van der Waals surface area (Å²) in [6, 6.07) is 10.0. The van der Waals surface area contributed by atoms with Gasteiger partial charge in [0.25, 0.3) is 0 Å². The van der Waals surface area contributed by atoms with Crippen LogP contribution in [0, 0.1) is 6.92 Å². The zero-order valence-corrected chi connectivity index (χ0v) is 13.9. The van der Waals surface area contributed by atoms with E-state index in [1.54, 1.807) is 0 Å². The minimum atomic E-state index is -0.912. The van der Waals surface area contributed by atoms with E-state index in [0.29, 0.717) is 0 Å². The van der Waals surface area contributed by atoms with Crippen molar-refractivity contribution in [2.45, 2.75) is 26.4 Å². The second-order valence-electron chi connectivity index (χ2n) is 6.05. The Kier molecular flexibility index (Phi) is 4.05. The lowest BCUT2D eigenvalue weighted by Crippen LogP contribution is -2.56. The van der Waals surface area contributed by atoms with Gasteiger partial charge in [-0.05, 0) is 23.9 Å². The lowest BCUT2D eigenvalue weighted by Gasteiger charge is -2.40. The van der Waals surface area contributed by atoms with Gasteiger partial charge >= 0.3 is 11.9 Å². The van der Waals surface area contributed by atoms with E-state index in [0.717, 1.165) is 27.7 Å². The molecule has 2 aromatic carbocycles. The third kappa shape index (κ3) is 2.99. The van der Waals surface area contributed by atoms with Crippen molar-refractivity contribution in [3.05, 3.63) is 35.9 Å². The summed E-state index contributed by atoms with van der Waals surface area (Å²) < 4.78 is 10.4. The van der Waals surface area contributed by atoms with Crippen molar-refractivity contribution in [2.75, 3.05) is 23.8 Å². The second-order valence-corrected chi connectivity index (χ2v) is 6.05. The molecule has 6 heteroatoms. The number of rotatable bonds is 4. The molecule has 24 heavy (non-hydrogen) atoms. The maximum Gasteiger partial charge on any atom is 0.302 e. The SMILES string of the molecule is CC(=O)OCC1(COC(C)=O)Nc2cccc3ccc(C)c(c23)N1. The molecule has 0 aromatic heterocycles. The first-order valence-electron chi connectivity index (χ1n) is 7.76. The molecule has 0 fully saturated rings. The molecule has 1 aliphatic heterocycles. The van der Waals surface area contributed by atoms with E-state index in [1.807, 2.05) is 31.2 Å². The summed E-state index contributed by atoms with van der Waals surface area (Å²) in [4.78, 5) is 22.6. The van der Waals surface area contributed by atoms with E-state index >= 15 is 0 Å². The van der Waals surface area contributed by atoms with Gasteiger partial charge in [-0.1, -0.05) is 24.3 Å². The van der Waals surface area contributed by atoms with E-state index in [1.165, 1.54) is 13.8 Å². The van der Waals surface area contributed by atoms with Crippen molar-refractivity contribution < 1.29 is 19.1 Å². The van der Waals surface area contributed by atoms with Crippen LogP contribution in [0.5, 0.6) is 0 Å². The van der Waals surface area contributed by atoms with Crippen molar-refractivity contribution in [3.63, 3.8) is 0 Å². The summed E-state index contributed by atoms with van der Waals surface area (Å²) in [6.45, 7) is 4.76. The molecule has 0 amide bonds. The summed E-state index contributed by atoms with van der Waals surface area (Å²) in [5.41, 5.74) is 2.00. The zero-order valence-electron chi connectivity index (χ0n) is 13.9. The Morgan fingerprint density at radius 1 is 1.00 bits per heavy atom. The van der Waals surface area contributed by atoms with Crippen LogP contribution in [-0.4, -0.2) is 30.8 Å². The number of esters is 2. The molecule has 0 spiro atoms. The number of aryl methyl sites for hydroxylation is 1. The summed E-state index contributed by atoms with van der Waals surface area (Å²) >= 11 is 0. The molecule has 6 nitrogen and oxygen atoms in total. The van der Waals surface area contributed by atoms with E-state index in [9.17, 15) is 9.59 Å². The van der Waals surface area contributed by atoms with E-state index in [4.69, 9.17) is 9.47 Å². The fourth-order valence-corrected chi connectivity index (χ4v) is 2.91. The number of anilines is 2. The highest BCUT2D eigenvalue weighted by atomic mass is 16.5. The first-order chi connectivity index (χ1) is 11.4. The molecule has 0 saturated heterocycles. The molecule has 0 saturated carbocycles. The van der Waals surface area contributed by atoms with Gasteiger partial charge in [0.1, 0.15) is 13.2 Å². The van der Waals surface area contributed by atoms with Gasteiger partial charge in [-0.15, -0.1) is 0 Å². The molecule has 0 bridgehead atoms. The Bertz CT molecular complexity index is 798. The molecule has 0 atom stereocenters. The van der Waals surface area contributed by atoms with Crippen LogP contribution in [-0.2, 0) is 19.1 Å². The van der Waals surface area contributed by atoms with Gasteiger partial charge in [0, 0.05) is 30.6 Å². The summed E-state index contributed by atoms with van der Waals surface area (Å²) in [7, 11) is 0. The largest absolute Gasteiger partial charge is 0.461 e. The zero-order chi connectivity index (χ0) is 17.3. The number of benzene rings is 2. The Morgan fingerprint density at radius 2 is 1.67 bits per heavy atom. The van der Waals surface area contributed by atoms with Gasteiger partial charge in [0.2, 0.25) is 0 Å². The smallest absolute Gasteiger partial charge is 0.302 e. The molecule has 1 heterocycles. The highest BCUT2D eigenvalue weighted by Crippen LogP contribution is 2.40. The Morgan fingerprint density at radius 3 is 2.29 bits per heavy atom. The van der Waals surface area contributed by atoms with Crippen molar-refractivity contribution in [1.29, 1.82) is 0 Å². The summed E-state index contributed by atoms with van der Waals surface area (Å²) in [5.74, 6) is -0.788. The maximum atomic E-state index is 11.3. The van der Waals surface area contributed by atoms with Gasteiger partial charge in [-0.3, -0.25) is 9.59 Å². The molecule has 1 aliphatic rings. The van der Waals surface area contributed by atoms with Gasteiger partial charge in [-0.25, -0.2) is 0 Å². The normalized spacial score (nSPS) is 14.5. The van der Waals surface area contributed by atoms with Gasteiger partial charge in [0.15, 0.2) is 5.66 Å². The maximum absolute atomic E-state index is 11.3. The van der Waals surface area contributed by atoms with Crippen LogP contribution in [0.3, 0.4) is 0 Å². The Labute approximate surface area is 140 Å². The second kappa shape index (κ2) is 6.03. The topological polar surface area (TPSA) is 76.7 Å². The average Bonchev–Trinajstić information content (AvgIpc) is 2.54. The van der Waals surface area contributed by atoms with E-state index < -0.39 is 17.6 Å². The number of carbonyl (C=O) groups is 2.